The van der Waals surface area contributed by atoms with E-state index in [-0.39, 0.29) is 18.4 Å². The lowest BCUT2D eigenvalue weighted by Crippen LogP contribution is -2.27. The molecule has 1 saturated carbocycles. The zero-order valence-corrected chi connectivity index (χ0v) is 10.0. The largest absolute Gasteiger partial charge is 0.398 e. The second-order valence-corrected chi connectivity index (χ2v) is 4.43. The van der Waals surface area contributed by atoms with Gasteiger partial charge in [0.05, 0.1) is 0 Å². The molecule has 0 aliphatic heterocycles. The van der Waals surface area contributed by atoms with Crippen molar-refractivity contribution in [3.63, 3.8) is 0 Å². The maximum absolute atomic E-state index is 6.13. The number of hydrogen-bond donors (Lipinski definition) is 2. The van der Waals surface area contributed by atoms with Crippen LogP contribution >= 0.6 is 24.0 Å². The van der Waals surface area contributed by atoms with Gasteiger partial charge in [0.25, 0.3) is 0 Å². The lowest BCUT2D eigenvalue weighted by molar-refractivity contribution is 0.265. The first-order valence-corrected chi connectivity index (χ1v) is 5.37. The van der Waals surface area contributed by atoms with Gasteiger partial charge in [-0.05, 0) is 42.5 Å². The van der Waals surface area contributed by atoms with Gasteiger partial charge in [-0.25, -0.2) is 0 Å². The molecule has 15 heavy (non-hydrogen) atoms. The summed E-state index contributed by atoms with van der Waals surface area (Å²) in [5.74, 6) is 0.593. The molecule has 1 aromatic rings. The van der Waals surface area contributed by atoms with Gasteiger partial charge < -0.3 is 11.5 Å². The van der Waals surface area contributed by atoms with Crippen molar-refractivity contribution in [1.29, 1.82) is 0 Å². The standard InChI is InChI=1S/C11H15ClN2.ClH/c12-8-4-5-10(13)9(6-8)11(14)7-2-1-3-7;/h4-7,11H,1-3,13-14H2;1H/t11-;/m1./s1. The number of halogens is 2. The molecule has 1 fully saturated rings. The molecule has 2 nitrogen and oxygen atoms in total. The average Bonchev–Trinajstić information content (AvgIpc) is 2.06. The van der Waals surface area contributed by atoms with Gasteiger partial charge in [0.15, 0.2) is 0 Å². The van der Waals surface area contributed by atoms with Crippen LogP contribution in [0.5, 0.6) is 0 Å². The Kier molecular flexibility index (Phi) is 4.26. The second-order valence-electron chi connectivity index (χ2n) is 3.99. The van der Waals surface area contributed by atoms with Crippen LogP contribution in [0.15, 0.2) is 18.2 Å². The van der Waals surface area contributed by atoms with Crippen LogP contribution in [-0.2, 0) is 0 Å². The average molecular weight is 247 g/mol. The minimum atomic E-state index is 0. The van der Waals surface area contributed by atoms with E-state index in [0.29, 0.717) is 10.9 Å². The molecule has 2 rings (SSSR count). The van der Waals surface area contributed by atoms with E-state index in [9.17, 15) is 0 Å². The van der Waals surface area contributed by atoms with E-state index in [0.717, 1.165) is 11.3 Å². The molecule has 0 bridgehead atoms. The number of nitrogen functional groups attached to an aromatic ring is 1. The van der Waals surface area contributed by atoms with E-state index < -0.39 is 0 Å². The predicted molar refractivity (Wildman–Crippen MR) is 67.4 cm³/mol. The second kappa shape index (κ2) is 5.06. The van der Waals surface area contributed by atoms with E-state index in [2.05, 4.69) is 0 Å². The molecule has 4 heteroatoms. The molecule has 1 aliphatic carbocycles. The Bertz CT molecular complexity index is 337. The van der Waals surface area contributed by atoms with Crippen molar-refractivity contribution in [3.05, 3.63) is 28.8 Å². The summed E-state index contributed by atoms with van der Waals surface area (Å²) in [6.07, 6.45) is 3.72. The smallest absolute Gasteiger partial charge is 0.0410 e. The lowest BCUT2D eigenvalue weighted by atomic mass is 9.77. The summed E-state index contributed by atoms with van der Waals surface area (Å²) in [5.41, 5.74) is 13.8. The van der Waals surface area contributed by atoms with Crippen molar-refractivity contribution in [2.45, 2.75) is 25.3 Å². The molecular weight excluding hydrogens is 231 g/mol. The van der Waals surface area contributed by atoms with Gasteiger partial charge in [-0.3, -0.25) is 0 Å². The lowest BCUT2D eigenvalue weighted by Gasteiger charge is -2.32. The maximum Gasteiger partial charge on any atom is 0.0410 e. The van der Waals surface area contributed by atoms with Gasteiger partial charge >= 0.3 is 0 Å². The molecule has 0 heterocycles. The van der Waals surface area contributed by atoms with Crippen LogP contribution in [0.1, 0.15) is 30.9 Å². The fraction of sp³-hybridized carbons (Fsp3) is 0.455. The molecule has 1 aliphatic rings. The summed E-state index contributed by atoms with van der Waals surface area (Å²) < 4.78 is 0. The highest BCUT2D eigenvalue weighted by molar-refractivity contribution is 6.30. The van der Waals surface area contributed by atoms with E-state index in [1.807, 2.05) is 12.1 Å². The zero-order valence-electron chi connectivity index (χ0n) is 8.45. The van der Waals surface area contributed by atoms with Crippen LogP contribution in [0.2, 0.25) is 5.02 Å². The molecule has 0 saturated heterocycles. The molecule has 0 unspecified atom stereocenters. The molecule has 0 spiro atoms. The molecule has 0 radical (unpaired) electrons. The SMILES string of the molecule is Cl.Nc1ccc(Cl)cc1[C@H](N)C1CCC1. The fourth-order valence-corrected chi connectivity index (χ4v) is 2.07. The minimum absolute atomic E-state index is 0. The van der Waals surface area contributed by atoms with Crippen molar-refractivity contribution in [3.8, 4) is 0 Å². The molecular formula is C11H16Cl2N2. The number of anilines is 1. The van der Waals surface area contributed by atoms with E-state index >= 15 is 0 Å². The van der Waals surface area contributed by atoms with Crippen LogP contribution < -0.4 is 11.5 Å². The summed E-state index contributed by atoms with van der Waals surface area (Å²) in [6, 6.07) is 5.58. The van der Waals surface area contributed by atoms with Crippen LogP contribution in [0, 0.1) is 5.92 Å². The maximum atomic E-state index is 6.13. The summed E-state index contributed by atoms with van der Waals surface area (Å²) in [6.45, 7) is 0. The summed E-state index contributed by atoms with van der Waals surface area (Å²) in [7, 11) is 0. The van der Waals surface area contributed by atoms with Crippen molar-refractivity contribution in [2.24, 2.45) is 11.7 Å². The Hall–Kier alpha value is -0.440. The number of hydrogen-bond acceptors (Lipinski definition) is 2. The Balaban J connectivity index is 0.00000112. The quantitative estimate of drug-likeness (QED) is 0.789. The van der Waals surface area contributed by atoms with Gasteiger partial charge in [-0.1, -0.05) is 18.0 Å². The van der Waals surface area contributed by atoms with Gasteiger partial charge in [-0.15, -0.1) is 12.4 Å². The first-order valence-electron chi connectivity index (χ1n) is 4.99. The number of rotatable bonds is 2. The molecule has 0 amide bonds. The zero-order chi connectivity index (χ0) is 10.1. The minimum Gasteiger partial charge on any atom is -0.398 e. The summed E-state index contributed by atoms with van der Waals surface area (Å²) in [4.78, 5) is 0. The molecule has 4 N–H and O–H groups in total. The first-order chi connectivity index (χ1) is 6.68. The Morgan fingerprint density at radius 1 is 1.33 bits per heavy atom. The van der Waals surface area contributed by atoms with Crippen LogP contribution in [0.4, 0.5) is 5.69 Å². The highest BCUT2D eigenvalue weighted by Crippen LogP contribution is 2.38. The van der Waals surface area contributed by atoms with E-state index in [4.69, 9.17) is 23.1 Å². The van der Waals surface area contributed by atoms with Crippen molar-refractivity contribution >= 4 is 29.7 Å². The van der Waals surface area contributed by atoms with Gasteiger partial charge in [0, 0.05) is 16.8 Å². The van der Waals surface area contributed by atoms with Crippen LogP contribution in [0.3, 0.4) is 0 Å². The van der Waals surface area contributed by atoms with Gasteiger partial charge in [0.2, 0.25) is 0 Å². The Morgan fingerprint density at radius 3 is 2.53 bits per heavy atom. The van der Waals surface area contributed by atoms with E-state index in [1.165, 1.54) is 19.3 Å². The molecule has 84 valence electrons. The number of benzene rings is 1. The first kappa shape index (κ1) is 12.6. The van der Waals surface area contributed by atoms with Crippen molar-refractivity contribution in [2.75, 3.05) is 5.73 Å². The fourth-order valence-electron chi connectivity index (χ4n) is 1.89. The third-order valence-corrected chi connectivity index (χ3v) is 3.30. The third-order valence-electron chi connectivity index (χ3n) is 3.07. The van der Waals surface area contributed by atoms with E-state index in [1.54, 1.807) is 6.07 Å². The molecule has 0 aromatic heterocycles. The summed E-state index contributed by atoms with van der Waals surface area (Å²) >= 11 is 5.92. The van der Waals surface area contributed by atoms with Gasteiger partial charge in [0.1, 0.15) is 0 Å². The van der Waals surface area contributed by atoms with Crippen LogP contribution in [0.25, 0.3) is 0 Å². The van der Waals surface area contributed by atoms with Crippen molar-refractivity contribution < 1.29 is 0 Å². The molecule has 1 aromatic carbocycles. The Labute approximate surface area is 101 Å². The van der Waals surface area contributed by atoms with Gasteiger partial charge in [-0.2, -0.15) is 0 Å². The number of nitrogens with two attached hydrogens (primary N) is 2. The highest BCUT2D eigenvalue weighted by atomic mass is 35.5. The summed E-state index contributed by atoms with van der Waals surface area (Å²) in [5, 5.41) is 0.712. The predicted octanol–water partition coefficient (Wildman–Crippen LogP) is 3.14. The topological polar surface area (TPSA) is 52.0 Å². The normalized spacial score (nSPS) is 17.7. The van der Waals surface area contributed by atoms with Crippen LogP contribution in [-0.4, -0.2) is 0 Å². The highest BCUT2D eigenvalue weighted by Gasteiger charge is 2.26. The Morgan fingerprint density at radius 2 is 2.00 bits per heavy atom. The molecule has 1 atom stereocenters. The third kappa shape index (κ3) is 2.57. The monoisotopic (exact) mass is 246 g/mol. The van der Waals surface area contributed by atoms with Crippen molar-refractivity contribution in [1.82, 2.24) is 0 Å².